The second kappa shape index (κ2) is 6.17. The van der Waals surface area contributed by atoms with Crippen LogP contribution in [-0.2, 0) is 29.7 Å². The van der Waals surface area contributed by atoms with Crippen molar-refractivity contribution in [2.45, 2.75) is 31.1 Å². The molecule has 0 bridgehead atoms. The van der Waals surface area contributed by atoms with Crippen LogP contribution in [0.15, 0.2) is 35.4 Å². The van der Waals surface area contributed by atoms with Gasteiger partial charge in [-0.1, -0.05) is 24.3 Å². The van der Waals surface area contributed by atoms with E-state index in [9.17, 15) is 8.42 Å². The van der Waals surface area contributed by atoms with Crippen LogP contribution in [0.1, 0.15) is 24.6 Å². The third kappa shape index (κ3) is 3.66. The summed E-state index contributed by atoms with van der Waals surface area (Å²) in [6, 6.07) is 7.17. The molecule has 0 aliphatic heterocycles. The molecule has 6 heteroatoms. The Kier molecular flexibility index (Phi) is 4.54. The highest BCUT2D eigenvalue weighted by molar-refractivity contribution is 7.91. The Balaban J connectivity index is 2.10. The molecular weight excluding hydrogens is 274 g/mol. The Labute approximate surface area is 119 Å². The van der Waals surface area contributed by atoms with Gasteiger partial charge in [-0.05, 0) is 37.0 Å². The number of rotatable bonds is 6. The van der Waals surface area contributed by atoms with Crippen LogP contribution >= 0.6 is 0 Å². The lowest BCUT2D eigenvalue weighted by atomic mass is 10.1. The van der Waals surface area contributed by atoms with E-state index in [1.165, 1.54) is 0 Å². The first-order valence-corrected chi connectivity index (χ1v) is 8.33. The van der Waals surface area contributed by atoms with E-state index >= 15 is 0 Å². The lowest BCUT2D eigenvalue weighted by molar-refractivity contribution is 0.594. The van der Waals surface area contributed by atoms with Gasteiger partial charge in [0.1, 0.15) is 0 Å². The normalized spacial score (nSPS) is 11.7. The van der Waals surface area contributed by atoms with Crippen molar-refractivity contribution in [1.82, 2.24) is 15.0 Å². The number of sulfone groups is 1. The van der Waals surface area contributed by atoms with Crippen LogP contribution in [0, 0.1) is 0 Å². The summed E-state index contributed by atoms with van der Waals surface area (Å²) in [7, 11) is -1.32. The van der Waals surface area contributed by atoms with Gasteiger partial charge in [0.25, 0.3) is 0 Å². The van der Waals surface area contributed by atoms with Crippen LogP contribution in [0.25, 0.3) is 0 Å². The second-order valence-corrected chi connectivity index (χ2v) is 6.96. The first kappa shape index (κ1) is 14.7. The van der Waals surface area contributed by atoms with Gasteiger partial charge in [-0.15, -0.1) is 5.10 Å². The zero-order valence-electron chi connectivity index (χ0n) is 11.8. The van der Waals surface area contributed by atoms with Crippen LogP contribution in [0.2, 0.25) is 0 Å². The molecule has 0 fully saturated rings. The predicted molar refractivity (Wildman–Crippen MR) is 77.2 cm³/mol. The zero-order valence-corrected chi connectivity index (χ0v) is 12.6. The molecule has 0 radical (unpaired) electrons. The first-order chi connectivity index (χ1) is 9.51. The zero-order chi connectivity index (χ0) is 14.6. The Morgan fingerprint density at radius 3 is 2.70 bits per heavy atom. The third-order valence-electron chi connectivity index (χ3n) is 3.05. The molecule has 0 saturated carbocycles. The molecule has 0 saturated heterocycles. The SMILES string of the molecule is CCCS(=O)(=O)c1cccc(CCc2cn(C)nn2)c1. The molecule has 0 spiro atoms. The molecule has 5 nitrogen and oxygen atoms in total. The number of hydrogen-bond donors (Lipinski definition) is 0. The van der Waals surface area contributed by atoms with Gasteiger partial charge in [0.15, 0.2) is 9.84 Å². The van der Waals surface area contributed by atoms with E-state index < -0.39 is 9.84 Å². The minimum absolute atomic E-state index is 0.195. The minimum Gasteiger partial charge on any atom is -0.255 e. The van der Waals surface area contributed by atoms with E-state index in [1.807, 2.05) is 26.2 Å². The summed E-state index contributed by atoms with van der Waals surface area (Å²) in [5.41, 5.74) is 1.92. The summed E-state index contributed by atoms with van der Waals surface area (Å²) < 4.78 is 25.7. The average Bonchev–Trinajstić information content (AvgIpc) is 2.83. The lowest BCUT2D eigenvalue weighted by Gasteiger charge is -2.05. The maximum Gasteiger partial charge on any atom is 0.178 e. The Bertz CT molecular complexity index is 677. The molecule has 0 unspecified atom stereocenters. The van der Waals surface area contributed by atoms with Crippen molar-refractivity contribution in [2.24, 2.45) is 7.05 Å². The Morgan fingerprint density at radius 2 is 2.05 bits per heavy atom. The van der Waals surface area contributed by atoms with Gasteiger partial charge in [-0.3, -0.25) is 4.68 Å². The molecule has 0 atom stereocenters. The minimum atomic E-state index is -3.14. The maximum absolute atomic E-state index is 12.0. The van der Waals surface area contributed by atoms with Gasteiger partial charge in [0, 0.05) is 13.2 Å². The molecule has 0 aliphatic carbocycles. The molecule has 0 N–H and O–H groups in total. The molecule has 108 valence electrons. The molecule has 2 aromatic rings. The Hall–Kier alpha value is -1.69. The summed E-state index contributed by atoms with van der Waals surface area (Å²) in [6.45, 7) is 1.87. The summed E-state index contributed by atoms with van der Waals surface area (Å²) in [5, 5.41) is 7.91. The van der Waals surface area contributed by atoms with Crippen molar-refractivity contribution >= 4 is 9.84 Å². The molecule has 0 amide bonds. The quantitative estimate of drug-likeness (QED) is 0.814. The summed E-state index contributed by atoms with van der Waals surface area (Å²) >= 11 is 0. The third-order valence-corrected chi connectivity index (χ3v) is 4.97. The van der Waals surface area contributed by atoms with E-state index in [2.05, 4.69) is 10.3 Å². The Morgan fingerprint density at radius 1 is 1.25 bits per heavy atom. The smallest absolute Gasteiger partial charge is 0.178 e. The van der Waals surface area contributed by atoms with Crippen molar-refractivity contribution in [1.29, 1.82) is 0 Å². The van der Waals surface area contributed by atoms with E-state index in [0.717, 1.165) is 24.1 Å². The monoisotopic (exact) mass is 293 g/mol. The fourth-order valence-electron chi connectivity index (χ4n) is 2.06. The number of hydrogen-bond acceptors (Lipinski definition) is 4. The number of nitrogens with zero attached hydrogens (tertiary/aromatic N) is 3. The van der Waals surface area contributed by atoms with E-state index in [0.29, 0.717) is 11.3 Å². The molecule has 0 aliphatic rings. The van der Waals surface area contributed by atoms with E-state index in [1.54, 1.807) is 22.9 Å². The highest BCUT2D eigenvalue weighted by atomic mass is 32.2. The molecular formula is C14H19N3O2S. The largest absolute Gasteiger partial charge is 0.255 e. The first-order valence-electron chi connectivity index (χ1n) is 6.68. The summed E-state index contributed by atoms with van der Waals surface area (Å²) in [6.07, 6.45) is 4.02. The molecule has 1 heterocycles. The topological polar surface area (TPSA) is 64.8 Å². The van der Waals surface area contributed by atoms with Crippen LogP contribution in [-0.4, -0.2) is 29.2 Å². The number of benzene rings is 1. The van der Waals surface area contributed by atoms with Gasteiger partial charge in [0.05, 0.1) is 16.3 Å². The molecule has 20 heavy (non-hydrogen) atoms. The van der Waals surface area contributed by atoms with E-state index in [-0.39, 0.29) is 5.75 Å². The molecule has 2 rings (SSSR count). The maximum atomic E-state index is 12.0. The van der Waals surface area contributed by atoms with E-state index in [4.69, 9.17) is 0 Å². The van der Waals surface area contributed by atoms with Crippen LogP contribution in [0.3, 0.4) is 0 Å². The predicted octanol–water partition coefficient (Wildman–Crippen LogP) is 1.78. The standard InChI is InChI=1S/C14H19N3O2S/c1-3-9-20(18,19)14-6-4-5-12(10-14)7-8-13-11-17(2)16-15-13/h4-6,10-11H,3,7-9H2,1-2H3. The van der Waals surface area contributed by atoms with Gasteiger partial charge >= 0.3 is 0 Å². The molecule has 1 aromatic carbocycles. The average molecular weight is 293 g/mol. The van der Waals surface area contributed by atoms with Crippen molar-refractivity contribution in [3.05, 3.63) is 41.7 Å². The van der Waals surface area contributed by atoms with Crippen LogP contribution in [0.4, 0.5) is 0 Å². The fraction of sp³-hybridized carbons (Fsp3) is 0.429. The van der Waals surface area contributed by atoms with Crippen LogP contribution in [0.5, 0.6) is 0 Å². The van der Waals surface area contributed by atoms with Crippen molar-refractivity contribution in [3.8, 4) is 0 Å². The fourth-order valence-corrected chi connectivity index (χ4v) is 3.45. The van der Waals surface area contributed by atoms with Gasteiger partial charge in [0.2, 0.25) is 0 Å². The lowest BCUT2D eigenvalue weighted by Crippen LogP contribution is -2.06. The summed E-state index contributed by atoms with van der Waals surface area (Å²) in [4.78, 5) is 0.413. The number of aryl methyl sites for hydroxylation is 3. The van der Waals surface area contributed by atoms with Gasteiger partial charge < -0.3 is 0 Å². The second-order valence-electron chi connectivity index (χ2n) is 4.85. The van der Waals surface area contributed by atoms with Gasteiger partial charge in [-0.2, -0.15) is 0 Å². The van der Waals surface area contributed by atoms with Crippen molar-refractivity contribution in [2.75, 3.05) is 5.75 Å². The highest BCUT2D eigenvalue weighted by Gasteiger charge is 2.13. The van der Waals surface area contributed by atoms with Crippen molar-refractivity contribution in [3.63, 3.8) is 0 Å². The van der Waals surface area contributed by atoms with Crippen LogP contribution < -0.4 is 0 Å². The number of aromatic nitrogens is 3. The highest BCUT2D eigenvalue weighted by Crippen LogP contribution is 2.15. The summed E-state index contributed by atoms with van der Waals surface area (Å²) in [5.74, 6) is 0.195. The van der Waals surface area contributed by atoms with Crippen molar-refractivity contribution < 1.29 is 8.42 Å². The molecule has 1 aromatic heterocycles. The van der Waals surface area contributed by atoms with Gasteiger partial charge in [-0.25, -0.2) is 8.42 Å².